The molecule has 0 aromatic heterocycles. The van der Waals surface area contributed by atoms with Gasteiger partial charge in [0, 0.05) is 10.8 Å². The number of nitrogens with zero attached hydrogens (tertiary/aromatic N) is 1. The highest BCUT2D eigenvalue weighted by atomic mass is 16.4. The Bertz CT molecular complexity index is 237. The van der Waals surface area contributed by atoms with Crippen molar-refractivity contribution in [3.05, 3.63) is 0 Å². The van der Waals surface area contributed by atoms with Gasteiger partial charge in [-0.1, -0.05) is 25.9 Å². The SMILES string of the molecule is CC1(C)C(=NO)[C@@]2(C)CC[C@H]1C2. The molecule has 0 unspecified atom stereocenters. The Morgan fingerprint density at radius 2 is 2.08 bits per heavy atom. The van der Waals surface area contributed by atoms with Crippen LogP contribution in [0.25, 0.3) is 0 Å². The molecule has 0 aromatic carbocycles. The largest absolute Gasteiger partial charge is 0.411 e. The van der Waals surface area contributed by atoms with Crippen molar-refractivity contribution in [3.8, 4) is 0 Å². The van der Waals surface area contributed by atoms with Crippen molar-refractivity contribution in [1.82, 2.24) is 0 Å². The summed E-state index contributed by atoms with van der Waals surface area (Å²) in [4.78, 5) is 0. The summed E-state index contributed by atoms with van der Waals surface area (Å²) in [5, 5.41) is 12.5. The van der Waals surface area contributed by atoms with Crippen LogP contribution in [0.2, 0.25) is 0 Å². The van der Waals surface area contributed by atoms with Gasteiger partial charge in [-0.15, -0.1) is 0 Å². The molecule has 0 aliphatic heterocycles. The molecule has 2 heteroatoms. The van der Waals surface area contributed by atoms with Crippen molar-refractivity contribution < 1.29 is 5.21 Å². The molecule has 2 rings (SSSR count). The number of fused-ring (bicyclic) bond motifs is 2. The Kier molecular flexibility index (Phi) is 1.37. The normalized spacial score (nSPS) is 47.2. The molecule has 2 nitrogen and oxygen atoms in total. The molecule has 0 amide bonds. The topological polar surface area (TPSA) is 32.6 Å². The maximum Gasteiger partial charge on any atom is 0.0688 e. The number of oxime groups is 1. The second kappa shape index (κ2) is 2.04. The summed E-state index contributed by atoms with van der Waals surface area (Å²) in [5.74, 6) is 0.744. The average Bonchev–Trinajstić information content (AvgIpc) is 2.39. The van der Waals surface area contributed by atoms with Gasteiger partial charge in [0.1, 0.15) is 0 Å². The fraction of sp³-hybridized carbons (Fsp3) is 0.900. The lowest BCUT2D eigenvalue weighted by atomic mass is 9.71. The summed E-state index contributed by atoms with van der Waals surface area (Å²) in [6.07, 6.45) is 3.74. The zero-order chi connectivity index (χ0) is 8.98. The van der Waals surface area contributed by atoms with Crippen LogP contribution in [0.15, 0.2) is 5.16 Å². The van der Waals surface area contributed by atoms with Crippen molar-refractivity contribution in [2.24, 2.45) is 21.9 Å². The zero-order valence-corrected chi connectivity index (χ0v) is 8.09. The van der Waals surface area contributed by atoms with Gasteiger partial charge in [0.15, 0.2) is 0 Å². The first-order chi connectivity index (χ1) is 5.50. The summed E-state index contributed by atoms with van der Waals surface area (Å²) in [7, 11) is 0. The first kappa shape index (κ1) is 8.09. The Morgan fingerprint density at radius 1 is 1.42 bits per heavy atom. The minimum Gasteiger partial charge on any atom is -0.411 e. The van der Waals surface area contributed by atoms with Crippen LogP contribution in [0.3, 0.4) is 0 Å². The van der Waals surface area contributed by atoms with Crippen LogP contribution < -0.4 is 0 Å². The minimum absolute atomic E-state index is 0.141. The van der Waals surface area contributed by atoms with E-state index < -0.39 is 0 Å². The van der Waals surface area contributed by atoms with E-state index in [0.29, 0.717) is 0 Å². The van der Waals surface area contributed by atoms with E-state index >= 15 is 0 Å². The summed E-state index contributed by atoms with van der Waals surface area (Å²) in [5.41, 5.74) is 1.39. The van der Waals surface area contributed by atoms with Gasteiger partial charge in [0.05, 0.1) is 5.71 Å². The van der Waals surface area contributed by atoms with Crippen LogP contribution in [-0.2, 0) is 0 Å². The van der Waals surface area contributed by atoms with E-state index in [4.69, 9.17) is 5.21 Å². The predicted molar refractivity (Wildman–Crippen MR) is 48.5 cm³/mol. The summed E-state index contributed by atoms with van der Waals surface area (Å²) in [6, 6.07) is 0. The van der Waals surface area contributed by atoms with Gasteiger partial charge >= 0.3 is 0 Å². The van der Waals surface area contributed by atoms with E-state index in [2.05, 4.69) is 25.9 Å². The molecule has 2 atom stereocenters. The van der Waals surface area contributed by atoms with E-state index in [1.165, 1.54) is 19.3 Å². The van der Waals surface area contributed by atoms with Crippen LogP contribution in [0.1, 0.15) is 40.0 Å². The van der Waals surface area contributed by atoms with Gasteiger partial charge < -0.3 is 5.21 Å². The highest BCUT2D eigenvalue weighted by molar-refractivity contribution is 5.97. The molecule has 2 fully saturated rings. The third kappa shape index (κ3) is 0.732. The Labute approximate surface area is 73.7 Å². The molecule has 12 heavy (non-hydrogen) atoms. The minimum atomic E-state index is 0.141. The molecule has 0 aromatic rings. The third-order valence-corrected chi connectivity index (χ3v) is 4.04. The maximum absolute atomic E-state index is 8.98. The summed E-state index contributed by atoms with van der Waals surface area (Å²) in [6.45, 7) is 6.64. The van der Waals surface area contributed by atoms with Crippen molar-refractivity contribution in [2.45, 2.75) is 40.0 Å². The first-order valence-corrected chi connectivity index (χ1v) is 4.74. The molecule has 0 spiro atoms. The molecule has 2 saturated carbocycles. The van der Waals surface area contributed by atoms with Crippen LogP contribution in [0.5, 0.6) is 0 Å². The van der Waals surface area contributed by atoms with Gasteiger partial charge in [0.25, 0.3) is 0 Å². The number of hydrogen-bond acceptors (Lipinski definition) is 2. The molecule has 1 N–H and O–H groups in total. The van der Waals surface area contributed by atoms with E-state index in [-0.39, 0.29) is 10.8 Å². The molecular formula is C10H17NO. The van der Waals surface area contributed by atoms with Crippen molar-refractivity contribution >= 4 is 5.71 Å². The predicted octanol–water partition coefficient (Wildman–Crippen LogP) is 2.66. The van der Waals surface area contributed by atoms with E-state index in [1.807, 2.05) is 0 Å². The van der Waals surface area contributed by atoms with Crippen molar-refractivity contribution in [1.29, 1.82) is 0 Å². The molecule has 68 valence electrons. The highest BCUT2D eigenvalue weighted by Crippen LogP contribution is 2.60. The van der Waals surface area contributed by atoms with Gasteiger partial charge in [-0.05, 0) is 25.2 Å². The lowest BCUT2D eigenvalue weighted by molar-refractivity contribution is 0.279. The van der Waals surface area contributed by atoms with Crippen molar-refractivity contribution in [2.75, 3.05) is 0 Å². The lowest BCUT2D eigenvalue weighted by Gasteiger charge is -2.33. The van der Waals surface area contributed by atoms with Crippen LogP contribution in [0.4, 0.5) is 0 Å². The summed E-state index contributed by atoms with van der Waals surface area (Å²) < 4.78 is 0. The highest BCUT2D eigenvalue weighted by Gasteiger charge is 2.57. The quantitative estimate of drug-likeness (QED) is 0.436. The fourth-order valence-electron chi connectivity index (χ4n) is 3.29. The molecule has 2 bridgehead atoms. The zero-order valence-electron chi connectivity index (χ0n) is 8.09. The van der Waals surface area contributed by atoms with Gasteiger partial charge in [-0.25, -0.2) is 0 Å². The molecule has 0 saturated heterocycles. The molecule has 0 radical (unpaired) electrons. The standard InChI is InChI=1S/C10H17NO/c1-9(2)7-4-5-10(3,6-7)8(9)11-12/h7,12H,4-6H2,1-3H3/t7-,10-/m0/s1. The smallest absolute Gasteiger partial charge is 0.0688 e. The Balaban J connectivity index is 2.45. The molecule has 2 aliphatic carbocycles. The van der Waals surface area contributed by atoms with Gasteiger partial charge in [0.2, 0.25) is 0 Å². The number of rotatable bonds is 0. The molecule has 0 heterocycles. The maximum atomic E-state index is 8.98. The van der Waals surface area contributed by atoms with Crippen LogP contribution in [0, 0.1) is 16.7 Å². The van der Waals surface area contributed by atoms with Crippen molar-refractivity contribution in [3.63, 3.8) is 0 Å². The van der Waals surface area contributed by atoms with Gasteiger partial charge in [-0.3, -0.25) is 0 Å². The Morgan fingerprint density at radius 3 is 2.42 bits per heavy atom. The Hall–Kier alpha value is -0.530. The van der Waals surface area contributed by atoms with Crippen LogP contribution in [-0.4, -0.2) is 10.9 Å². The molecular weight excluding hydrogens is 150 g/mol. The van der Waals surface area contributed by atoms with E-state index in [9.17, 15) is 0 Å². The van der Waals surface area contributed by atoms with E-state index in [0.717, 1.165) is 11.6 Å². The van der Waals surface area contributed by atoms with Crippen LogP contribution >= 0.6 is 0 Å². The monoisotopic (exact) mass is 167 g/mol. The second-order valence-electron chi connectivity index (χ2n) is 5.17. The second-order valence-corrected chi connectivity index (χ2v) is 5.17. The first-order valence-electron chi connectivity index (χ1n) is 4.74. The third-order valence-electron chi connectivity index (χ3n) is 4.04. The fourth-order valence-corrected chi connectivity index (χ4v) is 3.29. The van der Waals surface area contributed by atoms with Gasteiger partial charge in [-0.2, -0.15) is 0 Å². The summed E-state index contributed by atoms with van der Waals surface area (Å²) >= 11 is 0. The van der Waals surface area contributed by atoms with E-state index in [1.54, 1.807) is 0 Å². The lowest BCUT2D eigenvalue weighted by Crippen LogP contribution is -2.35. The average molecular weight is 167 g/mol. The molecule has 2 aliphatic rings. The number of hydrogen-bond donors (Lipinski definition) is 1.